The van der Waals surface area contributed by atoms with Gasteiger partial charge in [-0.15, -0.1) is 45.4 Å². The van der Waals surface area contributed by atoms with Gasteiger partial charge in [0.05, 0.1) is 14.0 Å². The van der Waals surface area contributed by atoms with Crippen LogP contribution in [-0.4, -0.2) is 20.7 Å². The van der Waals surface area contributed by atoms with E-state index in [1.165, 1.54) is 0 Å². The fraction of sp³-hybridized carbons (Fsp3) is 1.00. The fourth-order valence-corrected chi connectivity index (χ4v) is 9.26. The first-order chi connectivity index (χ1) is 4.99. The van der Waals surface area contributed by atoms with Crippen molar-refractivity contribution in [2.45, 2.75) is 28.5 Å². The first kappa shape index (κ1) is 10.7. The van der Waals surface area contributed by atoms with Crippen molar-refractivity contribution >= 4 is 61.6 Å². The lowest BCUT2D eigenvalue weighted by Crippen LogP contribution is -2.14. The zero-order valence-corrected chi connectivity index (χ0v) is 10.8. The summed E-state index contributed by atoms with van der Waals surface area (Å²) in [7, 11) is 0.606. The Bertz CT molecular complexity index is 138. The van der Waals surface area contributed by atoms with E-state index in [9.17, 15) is 0 Å². The molecule has 11 heavy (non-hydrogen) atoms. The second-order valence-corrected chi connectivity index (χ2v) is 13.9. The normalized spacial score (nSPS) is 29.7. The van der Waals surface area contributed by atoms with Crippen molar-refractivity contribution in [2.24, 2.45) is 0 Å². The Balaban J connectivity index is 2.31. The third kappa shape index (κ3) is 3.88. The molecule has 0 aromatic carbocycles. The summed E-state index contributed by atoms with van der Waals surface area (Å²) in [5, 5.41) is 0. The summed E-state index contributed by atoms with van der Waals surface area (Å²) in [6.07, 6.45) is 1.12. The number of rotatable bonds is 2. The van der Waals surface area contributed by atoms with Crippen LogP contribution in [0.1, 0.15) is 6.42 Å². The van der Waals surface area contributed by atoms with Crippen molar-refractivity contribution in [3.05, 3.63) is 0 Å². The van der Waals surface area contributed by atoms with Crippen LogP contribution in [0, 0.1) is 0 Å². The molecule has 0 aliphatic carbocycles. The summed E-state index contributed by atoms with van der Waals surface area (Å²) in [4.78, 5) is 0. The van der Waals surface area contributed by atoms with Gasteiger partial charge in [-0.05, 0) is 17.6 Å². The molecule has 1 rings (SSSR count). The smallest absolute Gasteiger partial charge is 0.146 e. The molecule has 1 unspecified atom stereocenters. The number of alkyl halides is 2. The van der Waals surface area contributed by atoms with Crippen molar-refractivity contribution in [1.82, 2.24) is 0 Å². The van der Waals surface area contributed by atoms with Crippen LogP contribution < -0.4 is 0 Å². The number of hydrogen-bond donors (Lipinski definition) is 0. The Labute approximate surface area is 89.8 Å². The van der Waals surface area contributed by atoms with Crippen LogP contribution in [0.25, 0.3) is 0 Å². The Kier molecular flexibility index (Phi) is 4.08. The van der Waals surface area contributed by atoms with Gasteiger partial charge in [-0.3, -0.25) is 0 Å². The molecule has 0 saturated carbocycles. The minimum absolute atomic E-state index is 0.226. The highest BCUT2D eigenvalue weighted by molar-refractivity contribution is 7.45. The summed E-state index contributed by atoms with van der Waals surface area (Å²) in [6.45, 7) is -1.84. The lowest BCUT2D eigenvalue weighted by atomic mass is 10.4. The number of halogens is 4. The van der Waals surface area contributed by atoms with E-state index in [1.807, 2.05) is 0 Å². The van der Waals surface area contributed by atoms with E-state index in [0.29, 0.717) is 15.1 Å². The van der Waals surface area contributed by atoms with Gasteiger partial charge in [0.1, 0.15) is 0 Å². The van der Waals surface area contributed by atoms with E-state index in [2.05, 4.69) is 0 Å². The second kappa shape index (κ2) is 4.20. The summed E-state index contributed by atoms with van der Waals surface area (Å²) in [5.74, 6) is 0. The van der Waals surface area contributed by atoms with Gasteiger partial charge in [-0.1, -0.05) is 6.42 Å². The molecule has 0 bridgehead atoms. The van der Waals surface area contributed by atoms with Gasteiger partial charge in [-0.25, -0.2) is 0 Å². The molecule has 1 fully saturated rings. The van der Waals surface area contributed by atoms with E-state index >= 15 is 0 Å². The van der Waals surface area contributed by atoms with Crippen molar-refractivity contribution < 1.29 is 0 Å². The maximum Gasteiger partial charge on any atom is 0.251 e. The molecule has 0 nitrogen and oxygen atoms in total. The van der Waals surface area contributed by atoms with Crippen molar-refractivity contribution in [2.75, 3.05) is 0 Å². The molecule has 1 aliphatic rings. The summed E-state index contributed by atoms with van der Waals surface area (Å²) >= 11 is 23.5. The highest BCUT2D eigenvalue weighted by atomic mass is 35.7. The Morgan fingerprint density at radius 2 is 2.00 bits per heavy atom. The predicted octanol–water partition coefficient (Wildman–Crippen LogP) is 3.56. The first-order valence-electron chi connectivity index (χ1n) is 3.42. The average molecular weight is 266 g/mol. The third-order valence-corrected chi connectivity index (χ3v) is 8.32. The van der Waals surface area contributed by atoms with Crippen LogP contribution in [0.4, 0.5) is 0 Å². The Morgan fingerprint density at radius 3 is 2.36 bits per heavy atom. The molecule has 1 heterocycles. The van der Waals surface area contributed by atoms with Crippen LogP contribution in [0.2, 0.25) is 17.6 Å². The van der Waals surface area contributed by atoms with E-state index in [1.54, 1.807) is 0 Å². The molecule has 0 spiro atoms. The molecule has 1 aliphatic heterocycles. The Hall–Kier alpha value is 1.59. The van der Waals surface area contributed by atoms with Gasteiger partial charge >= 0.3 is 0 Å². The minimum Gasteiger partial charge on any atom is -0.146 e. The maximum atomic E-state index is 6.07. The van der Waals surface area contributed by atoms with Crippen molar-refractivity contribution in [3.8, 4) is 0 Å². The van der Waals surface area contributed by atoms with Gasteiger partial charge in [0.2, 0.25) is 0 Å². The number of hydrogen-bond acceptors (Lipinski definition) is 0. The predicted molar refractivity (Wildman–Crippen MR) is 56.7 cm³/mol. The highest BCUT2D eigenvalue weighted by Gasteiger charge is 2.39. The van der Waals surface area contributed by atoms with E-state index in [0.717, 1.165) is 18.5 Å². The summed E-state index contributed by atoms with van der Waals surface area (Å²) in [6, 6.07) is 1.98. The molecule has 0 aromatic rings. The quantitative estimate of drug-likeness (QED) is 0.407. The maximum absolute atomic E-state index is 6.07. The van der Waals surface area contributed by atoms with E-state index in [4.69, 9.17) is 45.4 Å². The van der Waals surface area contributed by atoms with Gasteiger partial charge in [0.15, 0.2) is 0 Å². The molecule has 1 atom stereocenters. The molecule has 0 amide bonds. The molecular weight excluding hydrogens is 258 g/mol. The molecule has 64 valence electrons. The van der Waals surface area contributed by atoms with Gasteiger partial charge in [0.25, 0.3) is 6.69 Å². The lowest BCUT2D eigenvalue weighted by Gasteiger charge is -2.09. The molecule has 0 N–H and O–H groups in total. The monoisotopic (exact) mass is 264 g/mol. The van der Waals surface area contributed by atoms with Gasteiger partial charge < -0.3 is 0 Å². The second-order valence-electron chi connectivity index (χ2n) is 2.76. The van der Waals surface area contributed by atoms with E-state index in [-0.39, 0.29) is 4.46 Å². The zero-order valence-electron chi connectivity index (χ0n) is 5.79. The molecule has 1 saturated heterocycles. The summed E-state index contributed by atoms with van der Waals surface area (Å²) in [5.41, 5.74) is 0.594. The van der Waals surface area contributed by atoms with Crippen LogP contribution in [0.3, 0.4) is 0 Å². The van der Waals surface area contributed by atoms with Crippen LogP contribution >= 0.6 is 45.4 Å². The van der Waals surface area contributed by atoms with Gasteiger partial charge in [0, 0.05) is 0 Å². The largest absolute Gasteiger partial charge is 0.251 e. The fourth-order valence-electron chi connectivity index (χ4n) is 1.27. The minimum atomic E-state index is -1.84. The standard InChI is InChI=1S/C5H8Cl4Si2/c6-5(7)10-4-1-2-11(8,9)3-4/h4-5H,1-3H2. The molecule has 2 radical (unpaired) electrons. The lowest BCUT2D eigenvalue weighted by molar-refractivity contribution is 0.915. The molecule has 6 heteroatoms. The van der Waals surface area contributed by atoms with Crippen LogP contribution in [0.15, 0.2) is 0 Å². The third-order valence-electron chi connectivity index (χ3n) is 1.77. The van der Waals surface area contributed by atoms with Crippen LogP contribution in [-0.2, 0) is 0 Å². The zero-order chi connectivity index (χ0) is 8.48. The SMILES string of the molecule is ClC(Cl)[Si]C1CC[Si](Cl)(Cl)C1. The topological polar surface area (TPSA) is 0 Å². The van der Waals surface area contributed by atoms with Crippen molar-refractivity contribution in [3.63, 3.8) is 0 Å². The van der Waals surface area contributed by atoms with Crippen LogP contribution in [0.5, 0.6) is 0 Å². The summed E-state index contributed by atoms with van der Waals surface area (Å²) < 4.78 is -0.226. The first-order valence-corrected chi connectivity index (χ1v) is 9.88. The molecule has 0 aromatic heterocycles. The molecular formula is C5H8Cl4Si2. The Morgan fingerprint density at radius 1 is 1.36 bits per heavy atom. The average Bonchev–Trinajstić information content (AvgIpc) is 2.08. The highest BCUT2D eigenvalue weighted by Crippen LogP contribution is 2.44. The van der Waals surface area contributed by atoms with E-state index < -0.39 is 6.69 Å². The van der Waals surface area contributed by atoms with Gasteiger partial charge in [-0.2, -0.15) is 0 Å². The van der Waals surface area contributed by atoms with Crippen molar-refractivity contribution in [1.29, 1.82) is 0 Å².